The zero-order valence-electron chi connectivity index (χ0n) is 18.3. The summed E-state index contributed by atoms with van der Waals surface area (Å²) in [6.07, 6.45) is 0.810. The lowest BCUT2D eigenvalue weighted by atomic mass is 9.97. The molecule has 1 heterocycles. The first-order valence-corrected chi connectivity index (χ1v) is 12.1. The second-order valence-corrected chi connectivity index (χ2v) is 9.60. The standard InChI is InChI=1S/C22H27ClN2O6S/c1-4-31-20-8-6-17(14-18(20)23)32(27,28)25-11-9-15(10-12-25)22(26)24-19-13-16(29-2)5-7-21(19)30-3/h5-8,13-15H,4,9-12H2,1-3H3,(H,24,26). The Morgan fingerprint density at radius 3 is 2.38 bits per heavy atom. The van der Waals surface area contributed by atoms with E-state index in [0.29, 0.717) is 42.4 Å². The molecule has 0 aromatic heterocycles. The second-order valence-electron chi connectivity index (χ2n) is 7.26. The topological polar surface area (TPSA) is 94.2 Å². The van der Waals surface area contributed by atoms with Crippen LogP contribution >= 0.6 is 11.6 Å². The third-order valence-electron chi connectivity index (χ3n) is 5.33. The van der Waals surface area contributed by atoms with E-state index in [9.17, 15) is 13.2 Å². The van der Waals surface area contributed by atoms with Crippen LogP contribution in [0.25, 0.3) is 0 Å². The summed E-state index contributed by atoms with van der Waals surface area (Å²) < 4.78 is 43.3. The van der Waals surface area contributed by atoms with Gasteiger partial charge in [-0.2, -0.15) is 4.31 Å². The highest BCUT2D eigenvalue weighted by atomic mass is 35.5. The lowest BCUT2D eigenvalue weighted by Gasteiger charge is -2.30. The molecule has 0 saturated carbocycles. The molecule has 2 aromatic carbocycles. The van der Waals surface area contributed by atoms with Gasteiger partial charge in [0.05, 0.1) is 36.4 Å². The number of carbonyl (C=O) groups excluding carboxylic acids is 1. The number of nitrogens with one attached hydrogen (secondary N) is 1. The highest BCUT2D eigenvalue weighted by Gasteiger charge is 2.32. The number of carbonyl (C=O) groups is 1. The van der Waals surface area contributed by atoms with Crippen molar-refractivity contribution in [2.45, 2.75) is 24.7 Å². The van der Waals surface area contributed by atoms with E-state index in [-0.39, 0.29) is 34.8 Å². The van der Waals surface area contributed by atoms with Crippen molar-refractivity contribution < 1.29 is 27.4 Å². The Bertz CT molecular complexity index is 1070. The van der Waals surface area contributed by atoms with Gasteiger partial charge in [-0.15, -0.1) is 0 Å². The lowest BCUT2D eigenvalue weighted by molar-refractivity contribution is -0.120. The molecule has 0 aliphatic carbocycles. The molecule has 10 heteroatoms. The SMILES string of the molecule is CCOc1ccc(S(=O)(=O)N2CCC(C(=O)Nc3cc(OC)ccc3OC)CC2)cc1Cl. The number of methoxy groups -OCH3 is 2. The fourth-order valence-corrected chi connectivity index (χ4v) is 5.36. The number of ether oxygens (including phenoxy) is 3. The van der Waals surface area contributed by atoms with E-state index in [1.165, 1.54) is 23.5 Å². The Morgan fingerprint density at radius 1 is 1.09 bits per heavy atom. The summed E-state index contributed by atoms with van der Waals surface area (Å²) in [4.78, 5) is 12.9. The first-order valence-electron chi connectivity index (χ1n) is 10.3. The highest BCUT2D eigenvalue weighted by molar-refractivity contribution is 7.89. The van der Waals surface area contributed by atoms with E-state index in [4.69, 9.17) is 25.8 Å². The van der Waals surface area contributed by atoms with Crippen molar-refractivity contribution in [1.29, 1.82) is 0 Å². The van der Waals surface area contributed by atoms with Crippen LogP contribution in [0.15, 0.2) is 41.3 Å². The van der Waals surface area contributed by atoms with Gasteiger partial charge in [-0.1, -0.05) is 11.6 Å². The summed E-state index contributed by atoms with van der Waals surface area (Å²) in [6.45, 7) is 2.73. The van der Waals surface area contributed by atoms with Crippen molar-refractivity contribution in [2.75, 3.05) is 39.2 Å². The molecule has 0 unspecified atom stereocenters. The number of nitrogens with zero attached hydrogens (tertiary/aromatic N) is 1. The van der Waals surface area contributed by atoms with Crippen LogP contribution in [0.4, 0.5) is 5.69 Å². The van der Waals surface area contributed by atoms with Gasteiger partial charge in [0.2, 0.25) is 15.9 Å². The molecule has 1 aliphatic heterocycles. The molecule has 1 N–H and O–H groups in total. The Labute approximate surface area is 193 Å². The molecule has 1 fully saturated rings. The van der Waals surface area contributed by atoms with Gasteiger partial charge in [0.15, 0.2) is 0 Å². The summed E-state index contributed by atoms with van der Waals surface area (Å²) in [7, 11) is -0.654. The number of piperidine rings is 1. The average molecular weight is 483 g/mol. The van der Waals surface area contributed by atoms with Gasteiger partial charge in [-0.3, -0.25) is 4.79 Å². The van der Waals surface area contributed by atoms with E-state index >= 15 is 0 Å². The molecular weight excluding hydrogens is 456 g/mol. The van der Waals surface area contributed by atoms with Crippen LogP contribution in [-0.2, 0) is 14.8 Å². The molecular formula is C22H27ClN2O6S. The maximum atomic E-state index is 13.0. The molecule has 0 spiro atoms. The Morgan fingerprint density at radius 2 is 1.78 bits per heavy atom. The number of halogens is 1. The fraction of sp³-hybridized carbons (Fsp3) is 0.409. The number of benzene rings is 2. The number of rotatable bonds is 8. The largest absolute Gasteiger partial charge is 0.497 e. The quantitative estimate of drug-likeness (QED) is 0.615. The minimum atomic E-state index is -3.72. The Balaban J connectivity index is 1.66. The van der Waals surface area contributed by atoms with Crippen LogP contribution in [0.3, 0.4) is 0 Å². The lowest BCUT2D eigenvalue weighted by Crippen LogP contribution is -2.41. The van der Waals surface area contributed by atoms with Gasteiger partial charge < -0.3 is 19.5 Å². The van der Waals surface area contributed by atoms with Crippen LogP contribution in [-0.4, -0.2) is 52.5 Å². The first-order chi connectivity index (χ1) is 15.3. The molecule has 2 aromatic rings. The molecule has 1 saturated heterocycles. The minimum absolute atomic E-state index is 0.106. The first kappa shape index (κ1) is 24.2. The molecule has 0 bridgehead atoms. The van der Waals surface area contributed by atoms with E-state index in [2.05, 4.69) is 5.32 Å². The van der Waals surface area contributed by atoms with Gasteiger partial charge in [0.1, 0.15) is 17.2 Å². The summed E-state index contributed by atoms with van der Waals surface area (Å²) in [5.41, 5.74) is 0.510. The predicted octanol–water partition coefficient (Wildman–Crippen LogP) is 3.80. The Hall–Kier alpha value is -2.49. The van der Waals surface area contributed by atoms with Gasteiger partial charge in [0, 0.05) is 25.1 Å². The van der Waals surface area contributed by atoms with Crippen molar-refractivity contribution >= 4 is 33.2 Å². The van der Waals surface area contributed by atoms with Gasteiger partial charge >= 0.3 is 0 Å². The molecule has 0 radical (unpaired) electrons. The molecule has 32 heavy (non-hydrogen) atoms. The van der Waals surface area contributed by atoms with Crippen LogP contribution in [0.5, 0.6) is 17.2 Å². The third-order valence-corrected chi connectivity index (χ3v) is 7.52. The summed E-state index contributed by atoms with van der Waals surface area (Å²) in [5, 5.41) is 3.12. The number of anilines is 1. The number of amides is 1. The van der Waals surface area contributed by atoms with Crippen molar-refractivity contribution in [3.63, 3.8) is 0 Å². The van der Waals surface area contributed by atoms with Crippen LogP contribution < -0.4 is 19.5 Å². The molecule has 3 rings (SSSR count). The maximum absolute atomic E-state index is 13.0. The number of hydrogen-bond donors (Lipinski definition) is 1. The van der Waals surface area contributed by atoms with Crippen LogP contribution in [0, 0.1) is 5.92 Å². The van der Waals surface area contributed by atoms with Crippen molar-refractivity contribution in [3.05, 3.63) is 41.4 Å². The van der Waals surface area contributed by atoms with Crippen molar-refractivity contribution in [2.24, 2.45) is 5.92 Å². The summed E-state index contributed by atoms with van der Waals surface area (Å²) in [6, 6.07) is 9.58. The van der Waals surface area contributed by atoms with Crippen molar-refractivity contribution in [3.8, 4) is 17.2 Å². The zero-order valence-corrected chi connectivity index (χ0v) is 19.8. The van der Waals surface area contributed by atoms with Crippen LogP contribution in [0.2, 0.25) is 5.02 Å². The average Bonchev–Trinajstić information content (AvgIpc) is 2.80. The van der Waals surface area contributed by atoms with Gasteiger partial charge in [-0.05, 0) is 50.1 Å². The molecule has 1 amide bonds. The fourth-order valence-electron chi connectivity index (χ4n) is 3.57. The number of sulfonamides is 1. The molecule has 0 atom stereocenters. The van der Waals surface area contributed by atoms with Gasteiger partial charge in [0.25, 0.3) is 0 Å². The van der Waals surface area contributed by atoms with Crippen molar-refractivity contribution in [1.82, 2.24) is 4.31 Å². The highest BCUT2D eigenvalue weighted by Crippen LogP contribution is 2.32. The maximum Gasteiger partial charge on any atom is 0.243 e. The van der Waals surface area contributed by atoms with E-state index in [1.807, 2.05) is 6.92 Å². The van der Waals surface area contributed by atoms with E-state index < -0.39 is 10.0 Å². The molecule has 1 aliphatic rings. The third kappa shape index (κ3) is 5.28. The van der Waals surface area contributed by atoms with Gasteiger partial charge in [-0.25, -0.2) is 8.42 Å². The minimum Gasteiger partial charge on any atom is -0.497 e. The van der Waals surface area contributed by atoms with E-state index in [0.717, 1.165) is 0 Å². The second kappa shape index (κ2) is 10.4. The monoisotopic (exact) mass is 482 g/mol. The predicted molar refractivity (Wildman–Crippen MR) is 122 cm³/mol. The van der Waals surface area contributed by atoms with E-state index in [1.54, 1.807) is 31.4 Å². The molecule has 8 nitrogen and oxygen atoms in total. The zero-order chi connectivity index (χ0) is 23.3. The normalized spacial score (nSPS) is 15.2. The van der Waals surface area contributed by atoms with Crippen LogP contribution in [0.1, 0.15) is 19.8 Å². The summed E-state index contributed by atoms with van der Waals surface area (Å²) >= 11 is 6.16. The Kier molecular flexibility index (Phi) is 7.86. The molecule has 174 valence electrons. The number of hydrogen-bond acceptors (Lipinski definition) is 6. The smallest absolute Gasteiger partial charge is 0.243 e. The summed E-state index contributed by atoms with van der Waals surface area (Å²) in [5.74, 6) is 1.05.